The molecule has 2 aliphatic rings. The molecule has 0 unspecified atom stereocenters. The van der Waals surface area contributed by atoms with Gasteiger partial charge in [0.25, 0.3) is 15.7 Å². The minimum absolute atomic E-state index is 0.115. The monoisotopic (exact) mass is 453 g/mol. The Morgan fingerprint density at radius 2 is 1.94 bits per heavy atom. The van der Waals surface area contributed by atoms with E-state index in [2.05, 4.69) is 4.99 Å². The molecule has 1 aromatic carbocycles. The zero-order valence-corrected chi connectivity index (χ0v) is 18.6. The first-order valence-corrected chi connectivity index (χ1v) is 11.6. The first kappa shape index (κ1) is 23.0. The molecule has 1 heterocycles. The summed E-state index contributed by atoms with van der Waals surface area (Å²) in [5, 5.41) is 11.5. The summed E-state index contributed by atoms with van der Waals surface area (Å²) < 4.78 is 39.0. The van der Waals surface area contributed by atoms with Gasteiger partial charge in [-0.1, -0.05) is 31.4 Å². The molecule has 0 bridgehead atoms. The molecule has 1 aliphatic heterocycles. The van der Waals surface area contributed by atoms with Crippen LogP contribution in [-0.4, -0.2) is 54.9 Å². The van der Waals surface area contributed by atoms with Crippen molar-refractivity contribution in [3.8, 4) is 0 Å². The maximum Gasteiger partial charge on any atom is 0.330 e. The Hall–Kier alpha value is -2.69. The largest absolute Gasteiger partial charge is 0.467 e. The van der Waals surface area contributed by atoms with Gasteiger partial charge in [0, 0.05) is 6.07 Å². The summed E-state index contributed by atoms with van der Waals surface area (Å²) in [6.07, 6.45) is 3.93. The summed E-state index contributed by atoms with van der Waals surface area (Å²) in [5.41, 5.74) is -1.29. The van der Waals surface area contributed by atoms with E-state index in [1.54, 1.807) is 13.8 Å². The number of carbonyl (C=O) groups excluding carboxylic acids is 1. The molecule has 31 heavy (non-hydrogen) atoms. The second-order valence-corrected chi connectivity index (χ2v) is 10.2. The Balaban J connectivity index is 2.21. The van der Waals surface area contributed by atoms with Crippen LogP contribution in [-0.2, 0) is 24.3 Å². The summed E-state index contributed by atoms with van der Waals surface area (Å²) in [7, 11) is -3.39. The predicted octanol–water partition coefficient (Wildman–Crippen LogP) is 2.87. The normalized spacial score (nSPS) is 19.8. The fraction of sp³-hybridized carbons (Fsp3) is 0.600. The molecule has 11 heteroatoms. The molecule has 0 radical (unpaired) electrons. The summed E-state index contributed by atoms with van der Waals surface area (Å²) in [6.45, 7) is 3.65. The van der Waals surface area contributed by atoms with Crippen LogP contribution in [0.4, 0.5) is 5.69 Å². The number of nitrogens with zero attached hydrogens (tertiary/aromatic N) is 3. The molecule has 3 rings (SSSR count). The van der Waals surface area contributed by atoms with E-state index in [0.717, 1.165) is 35.7 Å². The van der Waals surface area contributed by atoms with Crippen molar-refractivity contribution in [1.29, 1.82) is 0 Å². The SMILES string of the molecule is COC(=O)[C@H](C1CCCCC1)N(C1=NC(C)(C)CO1)S(=O)(=O)c1ccccc1[N+](=O)[O-]. The number of nitro benzene ring substituents is 1. The number of sulfonamides is 1. The van der Waals surface area contributed by atoms with Crippen LogP contribution in [0.1, 0.15) is 46.0 Å². The van der Waals surface area contributed by atoms with E-state index >= 15 is 0 Å². The van der Waals surface area contributed by atoms with Crippen LogP contribution in [0.5, 0.6) is 0 Å². The van der Waals surface area contributed by atoms with Gasteiger partial charge >= 0.3 is 12.0 Å². The van der Waals surface area contributed by atoms with Gasteiger partial charge in [-0.15, -0.1) is 0 Å². The van der Waals surface area contributed by atoms with Gasteiger partial charge in [0.1, 0.15) is 12.6 Å². The maximum absolute atomic E-state index is 13.8. The van der Waals surface area contributed by atoms with Crippen LogP contribution in [0.25, 0.3) is 0 Å². The lowest BCUT2D eigenvalue weighted by Gasteiger charge is -2.36. The third-order valence-electron chi connectivity index (χ3n) is 5.53. The Kier molecular flexibility index (Phi) is 6.54. The average Bonchev–Trinajstić information content (AvgIpc) is 3.10. The molecule has 170 valence electrons. The minimum Gasteiger partial charge on any atom is -0.467 e. The predicted molar refractivity (Wildman–Crippen MR) is 112 cm³/mol. The number of aliphatic imine (C=N–C) groups is 1. The third kappa shape index (κ3) is 4.65. The maximum atomic E-state index is 13.8. The van der Waals surface area contributed by atoms with Crippen molar-refractivity contribution in [3.63, 3.8) is 0 Å². The van der Waals surface area contributed by atoms with Crippen molar-refractivity contribution in [2.24, 2.45) is 10.9 Å². The highest BCUT2D eigenvalue weighted by Gasteiger charge is 2.48. The van der Waals surface area contributed by atoms with Crippen molar-refractivity contribution < 1.29 is 27.6 Å². The Morgan fingerprint density at radius 1 is 1.29 bits per heavy atom. The van der Waals surface area contributed by atoms with Gasteiger partial charge in [0.05, 0.1) is 17.6 Å². The molecule has 0 amide bonds. The molecule has 10 nitrogen and oxygen atoms in total. The topological polar surface area (TPSA) is 128 Å². The van der Waals surface area contributed by atoms with E-state index < -0.39 is 43.1 Å². The number of esters is 1. The Morgan fingerprint density at radius 3 is 2.48 bits per heavy atom. The standard InChI is InChI=1S/C20H27N3O7S/c1-20(2)13-30-19(21-20)22(17(18(24)29-3)14-9-5-4-6-10-14)31(27,28)16-12-8-7-11-15(16)23(25)26/h7-8,11-12,14,17H,4-6,9-10,13H2,1-3H3/t17-/m0/s1. The lowest BCUT2D eigenvalue weighted by atomic mass is 9.84. The number of carbonyl (C=O) groups is 1. The molecule has 0 aromatic heterocycles. The van der Waals surface area contributed by atoms with E-state index in [1.807, 2.05) is 0 Å². The molecule has 1 saturated carbocycles. The van der Waals surface area contributed by atoms with Crippen LogP contribution >= 0.6 is 0 Å². The summed E-state index contributed by atoms with van der Waals surface area (Å²) in [4.78, 5) is 27.5. The highest BCUT2D eigenvalue weighted by molar-refractivity contribution is 7.89. The van der Waals surface area contributed by atoms with Gasteiger partial charge in [0.15, 0.2) is 4.90 Å². The number of amidine groups is 1. The number of ether oxygens (including phenoxy) is 2. The highest BCUT2D eigenvalue weighted by atomic mass is 32.2. The summed E-state index contributed by atoms with van der Waals surface area (Å²) in [5.74, 6) is -1.07. The lowest BCUT2D eigenvalue weighted by molar-refractivity contribution is -0.387. The first-order valence-electron chi connectivity index (χ1n) is 10.2. The van der Waals surface area contributed by atoms with Gasteiger partial charge < -0.3 is 9.47 Å². The van der Waals surface area contributed by atoms with Gasteiger partial charge in [-0.3, -0.25) is 10.1 Å². The number of benzene rings is 1. The number of para-hydroxylation sites is 1. The Labute approximate surface area is 181 Å². The fourth-order valence-corrected chi connectivity index (χ4v) is 5.76. The van der Waals surface area contributed by atoms with Crippen LogP contribution < -0.4 is 0 Å². The molecular formula is C20H27N3O7S. The van der Waals surface area contributed by atoms with Crippen molar-refractivity contribution in [2.45, 2.75) is 62.4 Å². The zero-order valence-electron chi connectivity index (χ0n) is 17.8. The second kappa shape index (κ2) is 8.81. The van der Waals surface area contributed by atoms with E-state index in [4.69, 9.17) is 9.47 Å². The summed E-state index contributed by atoms with van der Waals surface area (Å²) >= 11 is 0. The van der Waals surface area contributed by atoms with Crippen molar-refractivity contribution >= 4 is 27.7 Å². The van der Waals surface area contributed by atoms with Gasteiger partial charge in [0.2, 0.25) is 0 Å². The van der Waals surface area contributed by atoms with Crippen LogP contribution in [0.3, 0.4) is 0 Å². The molecular weight excluding hydrogens is 426 g/mol. The fourth-order valence-electron chi connectivity index (χ4n) is 4.03. The van der Waals surface area contributed by atoms with Crippen LogP contribution in [0.2, 0.25) is 0 Å². The average molecular weight is 454 g/mol. The van der Waals surface area contributed by atoms with Crippen molar-refractivity contribution in [2.75, 3.05) is 13.7 Å². The smallest absolute Gasteiger partial charge is 0.330 e. The molecule has 0 saturated heterocycles. The van der Waals surface area contributed by atoms with Gasteiger partial charge in [-0.05, 0) is 38.7 Å². The number of hydrogen-bond acceptors (Lipinski definition) is 8. The van der Waals surface area contributed by atoms with E-state index in [9.17, 15) is 23.3 Å². The van der Waals surface area contributed by atoms with Crippen LogP contribution in [0.15, 0.2) is 34.2 Å². The molecule has 1 aliphatic carbocycles. The third-order valence-corrected chi connectivity index (χ3v) is 7.33. The molecule has 0 N–H and O–H groups in total. The van der Waals surface area contributed by atoms with E-state index in [1.165, 1.54) is 19.2 Å². The molecule has 1 aromatic rings. The summed E-state index contributed by atoms with van der Waals surface area (Å²) in [6, 6.07) is 3.56. The molecule has 1 fully saturated rings. The highest BCUT2D eigenvalue weighted by Crippen LogP contribution is 2.36. The van der Waals surface area contributed by atoms with Crippen LogP contribution in [0, 0.1) is 16.0 Å². The van der Waals surface area contributed by atoms with Gasteiger partial charge in [-0.25, -0.2) is 22.5 Å². The van der Waals surface area contributed by atoms with E-state index in [-0.39, 0.29) is 18.5 Å². The van der Waals surface area contributed by atoms with Gasteiger partial charge in [-0.2, -0.15) is 0 Å². The number of rotatable bonds is 6. The quantitative estimate of drug-likeness (QED) is 0.368. The van der Waals surface area contributed by atoms with E-state index in [0.29, 0.717) is 12.8 Å². The first-order chi connectivity index (χ1) is 14.6. The minimum atomic E-state index is -4.58. The lowest BCUT2D eigenvalue weighted by Crippen LogP contribution is -2.53. The number of hydrogen-bond donors (Lipinski definition) is 0. The number of nitro groups is 1. The molecule has 0 spiro atoms. The second-order valence-electron chi connectivity index (χ2n) is 8.39. The van der Waals surface area contributed by atoms with Crippen molar-refractivity contribution in [3.05, 3.63) is 34.4 Å². The Bertz CT molecular complexity index is 984. The van der Waals surface area contributed by atoms with Crippen molar-refractivity contribution in [1.82, 2.24) is 4.31 Å². The molecule has 1 atom stereocenters. The number of methoxy groups -OCH3 is 1. The zero-order chi connectivity index (χ0) is 22.8.